The molecular weight excluding hydrogens is 402 g/mol. The van der Waals surface area contributed by atoms with Gasteiger partial charge in [-0.25, -0.2) is 4.79 Å². The molecule has 7 nitrogen and oxygen atoms in total. The molecular formula is C22H30ClN5O2. The van der Waals surface area contributed by atoms with Crippen molar-refractivity contribution >= 4 is 17.6 Å². The van der Waals surface area contributed by atoms with Crippen molar-refractivity contribution in [3.63, 3.8) is 0 Å². The Morgan fingerprint density at radius 1 is 1.20 bits per heavy atom. The topological polar surface area (TPSA) is 83.3 Å². The first-order valence-electron chi connectivity index (χ1n) is 11.0. The Balaban J connectivity index is 1.41. The minimum Gasteiger partial charge on any atom is -0.385 e. The van der Waals surface area contributed by atoms with Gasteiger partial charge in [0.1, 0.15) is 5.82 Å². The van der Waals surface area contributed by atoms with E-state index in [0.717, 1.165) is 49.4 Å². The van der Waals surface area contributed by atoms with Gasteiger partial charge < -0.3 is 19.9 Å². The van der Waals surface area contributed by atoms with Gasteiger partial charge in [0.15, 0.2) is 5.82 Å². The average Bonchev–Trinajstić information content (AvgIpc) is 3.00. The molecule has 2 aliphatic heterocycles. The third-order valence-electron chi connectivity index (χ3n) is 6.41. The molecule has 1 aromatic heterocycles. The summed E-state index contributed by atoms with van der Waals surface area (Å²) >= 11 is 6.29. The van der Waals surface area contributed by atoms with Crippen LogP contribution in [0.4, 0.5) is 4.79 Å². The lowest BCUT2D eigenvalue weighted by Gasteiger charge is -2.39. The van der Waals surface area contributed by atoms with E-state index >= 15 is 0 Å². The number of likely N-dealkylation sites (tertiary alicyclic amines) is 1. The number of benzene rings is 1. The molecule has 0 radical (unpaired) electrons. The zero-order chi connectivity index (χ0) is 21.1. The third kappa shape index (κ3) is 4.18. The van der Waals surface area contributed by atoms with Gasteiger partial charge in [0.2, 0.25) is 0 Å². The van der Waals surface area contributed by atoms with Crippen molar-refractivity contribution in [2.75, 3.05) is 13.1 Å². The van der Waals surface area contributed by atoms with Crippen LogP contribution in [0.2, 0.25) is 5.02 Å². The zero-order valence-electron chi connectivity index (χ0n) is 17.5. The van der Waals surface area contributed by atoms with Crippen molar-refractivity contribution in [1.29, 1.82) is 0 Å². The Bertz CT molecular complexity index is 891. The second kappa shape index (κ2) is 8.94. The predicted octanol–water partition coefficient (Wildman–Crippen LogP) is 3.80. The van der Waals surface area contributed by atoms with Gasteiger partial charge in [0, 0.05) is 36.6 Å². The number of amides is 2. The molecule has 2 aliphatic rings. The van der Waals surface area contributed by atoms with Crippen LogP contribution >= 0.6 is 11.6 Å². The molecule has 30 heavy (non-hydrogen) atoms. The second-order valence-corrected chi connectivity index (χ2v) is 8.75. The number of aromatic nitrogens is 3. The standard InChI is InChI=1S/C22H30ClN5O2/c1-2-18(20-26-25-19-10-4-3-7-13-28(19)20)24-21(29)27-14-11-22(30,12-15-27)16-8-5-6-9-17(16)23/h5-6,8-9,18,30H,2-4,7,10-15H2,1H3,(H,24,29). The van der Waals surface area contributed by atoms with Crippen LogP contribution in [0.15, 0.2) is 24.3 Å². The number of piperidine rings is 1. The molecule has 3 heterocycles. The highest BCUT2D eigenvalue weighted by Crippen LogP contribution is 2.36. The van der Waals surface area contributed by atoms with E-state index in [0.29, 0.717) is 31.0 Å². The maximum Gasteiger partial charge on any atom is 0.317 e. The van der Waals surface area contributed by atoms with Gasteiger partial charge >= 0.3 is 6.03 Å². The van der Waals surface area contributed by atoms with Crippen molar-refractivity contribution in [3.8, 4) is 0 Å². The van der Waals surface area contributed by atoms with E-state index in [1.807, 2.05) is 18.2 Å². The van der Waals surface area contributed by atoms with Crippen LogP contribution in [0.5, 0.6) is 0 Å². The normalized spacial score (nSPS) is 19.6. The maximum atomic E-state index is 13.0. The molecule has 0 bridgehead atoms. The summed E-state index contributed by atoms with van der Waals surface area (Å²) in [6, 6.07) is 7.11. The van der Waals surface area contributed by atoms with Crippen molar-refractivity contribution in [2.24, 2.45) is 0 Å². The summed E-state index contributed by atoms with van der Waals surface area (Å²) in [5, 5.41) is 23.6. The van der Waals surface area contributed by atoms with E-state index < -0.39 is 5.60 Å². The van der Waals surface area contributed by atoms with Gasteiger partial charge in [0.05, 0.1) is 11.6 Å². The van der Waals surface area contributed by atoms with Crippen molar-refractivity contribution in [2.45, 2.75) is 70.1 Å². The molecule has 4 rings (SSSR count). The molecule has 8 heteroatoms. The first kappa shape index (κ1) is 21.1. The van der Waals surface area contributed by atoms with E-state index in [1.54, 1.807) is 11.0 Å². The number of nitrogens with zero attached hydrogens (tertiary/aromatic N) is 4. The first-order valence-corrected chi connectivity index (χ1v) is 11.3. The van der Waals surface area contributed by atoms with Gasteiger partial charge in [-0.2, -0.15) is 0 Å². The molecule has 162 valence electrons. The number of halogens is 1. The lowest BCUT2D eigenvalue weighted by atomic mass is 9.84. The quantitative estimate of drug-likeness (QED) is 0.771. The summed E-state index contributed by atoms with van der Waals surface area (Å²) in [5.74, 6) is 1.88. The van der Waals surface area contributed by atoms with E-state index in [9.17, 15) is 9.90 Å². The highest BCUT2D eigenvalue weighted by Gasteiger charge is 2.37. The van der Waals surface area contributed by atoms with Crippen LogP contribution in [0.25, 0.3) is 0 Å². The molecule has 1 aromatic carbocycles. The number of aryl methyl sites for hydroxylation is 1. The molecule has 1 atom stereocenters. The molecule has 0 saturated carbocycles. The molecule has 2 aromatic rings. The highest BCUT2D eigenvalue weighted by molar-refractivity contribution is 6.31. The Kier molecular flexibility index (Phi) is 6.29. The zero-order valence-corrected chi connectivity index (χ0v) is 18.2. The van der Waals surface area contributed by atoms with Crippen molar-refractivity contribution in [1.82, 2.24) is 25.0 Å². The predicted molar refractivity (Wildman–Crippen MR) is 115 cm³/mol. The lowest BCUT2D eigenvalue weighted by Crippen LogP contribution is -2.49. The van der Waals surface area contributed by atoms with Crippen molar-refractivity contribution < 1.29 is 9.90 Å². The van der Waals surface area contributed by atoms with Crippen LogP contribution in [0, 0.1) is 0 Å². The van der Waals surface area contributed by atoms with E-state index in [-0.39, 0.29) is 12.1 Å². The smallest absolute Gasteiger partial charge is 0.317 e. The fraction of sp³-hybridized carbons (Fsp3) is 0.591. The fourth-order valence-electron chi connectivity index (χ4n) is 4.54. The summed E-state index contributed by atoms with van der Waals surface area (Å²) in [4.78, 5) is 14.7. The number of fused-ring (bicyclic) bond motifs is 1. The molecule has 1 fully saturated rings. The van der Waals surface area contributed by atoms with Gasteiger partial charge in [-0.1, -0.05) is 43.1 Å². The number of nitrogens with one attached hydrogen (secondary N) is 1. The van der Waals surface area contributed by atoms with E-state index in [2.05, 4.69) is 27.0 Å². The summed E-state index contributed by atoms with van der Waals surface area (Å²) in [5.41, 5.74) is -0.256. The first-order chi connectivity index (χ1) is 14.5. The summed E-state index contributed by atoms with van der Waals surface area (Å²) in [7, 11) is 0. The molecule has 0 spiro atoms. The van der Waals surface area contributed by atoms with Crippen LogP contribution in [0.3, 0.4) is 0 Å². The van der Waals surface area contributed by atoms with Crippen LogP contribution in [-0.2, 0) is 18.6 Å². The Morgan fingerprint density at radius 3 is 2.70 bits per heavy atom. The summed E-state index contributed by atoms with van der Waals surface area (Å²) in [6.45, 7) is 3.91. The van der Waals surface area contributed by atoms with Gasteiger partial charge in [-0.3, -0.25) is 0 Å². The minimum absolute atomic E-state index is 0.117. The summed E-state index contributed by atoms with van der Waals surface area (Å²) in [6.07, 6.45) is 6.08. The third-order valence-corrected chi connectivity index (χ3v) is 6.74. The average molecular weight is 432 g/mol. The maximum absolute atomic E-state index is 13.0. The SMILES string of the molecule is CCC(NC(=O)N1CCC(O)(c2ccccc2Cl)CC1)c1nnc2n1CCCCC2. The monoisotopic (exact) mass is 431 g/mol. The molecule has 2 N–H and O–H groups in total. The highest BCUT2D eigenvalue weighted by atomic mass is 35.5. The number of hydrogen-bond acceptors (Lipinski definition) is 4. The van der Waals surface area contributed by atoms with E-state index in [4.69, 9.17) is 11.6 Å². The lowest BCUT2D eigenvalue weighted by molar-refractivity contribution is -0.0169. The number of hydrogen-bond donors (Lipinski definition) is 2. The Hall–Kier alpha value is -2.12. The van der Waals surface area contributed by atoms with Gasteiger partial charge in [-0.05, 0) is 38.2 Å². The van der Waals surface area contributed by atoms with Crippen molar-refractivity contribution in [3.05, 3.63) is 46.5 Å². The largest absolute Gasteiger partial charge is 0.385 e. The molecule has 1 unspecified atom stereocenters. The Morgan fingerprint density at radius 2 is 1.97 bits per heavy atom. The number of carbonyl (C=O) groups excluding carboxylic acids is 1. The molecule has 1 saturated heterocycles. The number of carbonyl (C=O) groups is 1. The molecule has 2 amide bonds. The van der Waals surface area contributed by atoms with Crippen LogP contribution in [0.1, 0.15) is 68.7 Å². The summed E-state index contributed by atoms with van der Waals surface area (Å²) < 4.78 is 2.19. The van der Waals surface area contributed by atoms with Gasteiger partial charge in [0.25, 0.3) is 0 Å². The van der Waals surface area contributed by atoms with Crippen LogP contribution in [-0.4, -0.2) is 43.9 Å². The number of urea groups is 1. The number of aliphatic hydroxyl groups is 1. The van der Waals surface area contributed by atoms with E-state index in [1.165, 1.54) is 6.42 Å². The fourth-order valence-corrected chi connectivity index (χ4v) is 4.85. The number of rotatable bonds is 4. The Labute approximate surface area is 182 Å². The van der Waals surface area contributed by atoms with Crippen LogP contribution < -0.4 is 5.32 Å². The van der Waals surface area contributed by atoms with Gasteiger partial charge in [-0.15, -0.1) is 10.2 Å². The molecule has 0 aliphatic carbocycles. The second-order valence-electron chi connectivity index (χ2n) is 8.35. The minimum atomic E-state index is -0.996.